The van der Waals surface area contributed by atoms with E-state index in [-0.39, 0.29) is 17.5 Å². The molecule has 1 aromatic heterocycles. The van der Waals surface area contributed by atoms with Gasteiger partial charge in [-0.05, 0) is 39.0 Å². The zero-order valence-corrected chi connectivity index (χ0v) is 10.4. The van der Waals surface area contributed by atoms with Crippen molar-refractivity contribution >= 4 is 23.3 Å². The van der Waals surface area contributed by atoms with Gasteiger partial charge in [-0.15, -0.1) is 11.3 Å². The van der Waals surface area contributed by atoms with E-state index >= 15 is 0 Å². The van der Waals surface area contributed by atoms with Crippen LogP contribution in [0.1, 0.15) is 23.6 Å². The zero-order valence-electron chi connectivity index (χ0n) is 9.57. The lowest BCUT2D eigenvalue weighted by molar-refractivity contribution is -0.117. The van der Waals surface area contributed by atoms with Crippen LogP contribution < -0.4 is 5.32 Å². The van der Waals surface area contributed by atoms with Gasteiger partial charge in [0.1, 0.15) is 11.6 Å². The third-order valence-electron chi connectivity index (χ3n) is 1.83. The number of hydrogen-bond acceptors (Lipinski definition) is 3. The lowest BCUT2D eigenvalue weighted by atomic mass is 10.2. The van der Waals surface area contributed by atoms with E-state index in [4.69, 9.17) is 5.26 Å². The standard InChI is InChI=1S/C12H14N2OS/c1-8(2)14-12(15)10(7-13)6-11-5-4-9(3)16-11/h4-6,8H,1-3H3,(H,14,15). The number of aryl methyl sites for hydroxylation is 1. The SMILES string of the molecule is Cc1ccc(C=C(C#N)C(=O)NC(C)C)s1. The van der Waals surface area contributed by atoms with Crippen LogP contribution in [0.25, 0.3) is 6.08 Å². The number of carbonyl (C=O) groups is 1. The number of thiophene rings is 1. The Balaban J connectivity index is 2.87. The molecule has 16 heavy (non-hydrogen) atoms. The highest BCUT2D eigenvalue weighted by molar-refractivity contribution is 7.12. The minimum Gasteiger partial charge on any atom is -0.349 e. The van der Waals surface area contributed by atoms with Gasteiger partial charge < -0.3 is 5.32 Å². The number of nitrogens with one attached hydrogen (secondary N) is 1. The number of nitriles is 1. The fourth-order valence-corrected chi connectivity index (χ4v) is 1.98. The minimum atomic E-state index is -0.316. The molecule has 0 aliphatic rings. The maximum Gasteiger partial charge on any atom is 0.262 e. The van der Waals surface area contributed by atoms with Gasteiger partial charge in [0, 0.05) is 15.8 Å². The van der Waals surface area contributed by atoms with Crippen molar-refractivity contribution in [3.05, 3.63) is 27.5 Å². The molecule has 4 heteroatoms. The van der Waals surface area contributed by atoms with E-state index in [2.05, 4.69) is 5.32 Å². The number of rotatable bonds is 3. The maximum atomic E-state index is 11.6. The average Bonchev–Trinajstić information content (AvgIpc) is 2.59. The van der Waals surface area contributed by atoms with E-state index in [0.717, 1.165) is 9.75 Å². The third-order valence-corrected chi connectivity index (χ3v) is 2.78. The molecule has 0 radical (unpaired) electrons. The number of carbonyl (C=O) groups excluding carboxylic acids is 1. The van der Waals surface area contributed by atoms with Gasteiger partial charge in [0.15, 0.2) is 0 Å². The summed E-state index contributed by atoms with van der Waals surface area (Å²) < 4.78 is 0. The Hall–Kier alpha value is -1.60. The van der Waals surface area contributed by atoms with Gasteiger partial charge in [0.25, 0.3) is 5.91 Å². The van der Waals surface area contributed by atoms with Crippen molar-refractivity contribution in [2.24, 2.45) is 0 Å². The van der Waals surface area contributed by atoms with Crippen LogP contribution >= 0.6 is 11.3 Å². The van der Waals surface area contributed by atoms with Crippen LogP contribution in [-0.4, -0.2) is 11.9 Å². The number of nitrogens with zero attached hydrogens (tertiary/aromatic N) is 1. The van der Waals surface area contributed by atoms with Crippen molar-refractivity contribution in [1.29, 1.82) is 5.26 Å². The Labute approximate surface area is 99.4 Å². The average molecular weight is 234 g/mol. The lowest BCUT2D eigenvalue weighted by Crippen LogP contribution is -2.30. The molecular formula is C12H14N2OS. The molecule has 0 spiro atoms. The molecule has 1 N–H and O–H groups in total. The smallest absolute Gasteiger partial charge is 0.262 e. The van der Waals surface area contributed by atoms with Gasteiger partial charge in [0.05, 0.1) is 0 Å². The van der Waals surface area contributed by atoms with Crippen LogP contribution in [0, 0.1) is 18.3 Å². The van der Waals surface area contributed by atoms with Crippen LogP contribution in [0.5, 0.6) is 0 Å². The molecule has 0 aromatic carbocycles. The summed E-state index contributed by atoms with van der Waals surface area (Å²) in [6.45, 7) is 5.71. The maximum absolute atomic E-state index is 11.6. The van der Waals surface area contributed by atoms with Gasteiger partial charge in [0.2, 0.25) is 0 Å². The van der Waals surface area contributed by atoms with E-state index in [1.54, 1.807) is 17.4 Å². The first-order valence-corrected chi connectivity index (χ1v) is 5.83. The summed E-state index contributed by atoms with van der Waals surface area (Å²) in [6.07, 6.45) is 1.62. The van der Waals surface area contributed by atoms with Crippen molar-refractivity contribution in [3.8, 4) is 6.07 Å². The normalized spacial score (nSPS) is 11.3. The first-order valence-electron chi connectivity index (χ1n) is 5.02. The molecule has 0 atom stereocenters. The highest BCUT2D eigenvalue weighted by atomic mass is 32.1. The monoisotopic (exact) mass is 234 g/mol. The Morgan fingerprint density at radius 1 is 1.56 bits per heavy atom. The molecule has 1 heterocycles. The fraction of sp³-hybridized carbons (Fsp3) is 0.333. The van der Waals surface area contributed by atoms with Crippen molar-refractivity contribution in [2.75, 3.05) is 0 Å². The van der Waals surface area contributed by atoms with E-state index in [1.807, 2.05) is 39.0 Å². The molecule has 1 aromatic rings. The van der Waals surface area contributed by atoms with Gasteiger partial charge in [-0.2, -0.15) is 5.26 Å². The van der Waals surface area contributed by atoms with Gasteiger partial charge in [-0.3, -0.25) is 4.79 Å². The molecule has 0 aliphatic carbocycles. The van der Waals surface area contributed by atoms with Gasteiger partial charge in [-0.25, -0.2) is 0 Å². The van der Waals surface area contributed by atoms with Crippen molar-refractivity contribution < 1.29 is 4.79 Å². The zero-order chi connectivity index (χ0) is 12.1. The predicted molar refractivity (Wildman–Crippen MR) is 65.9 cm³/mol. The second kappa shape index (κ2) is 5.47. The third kappa shape index (κ3) is 3.52. The molecule has 0 unspecified atom stereocenters. The number of hydrogen-bond donors (Lipinski definition) is 1. The minimum absolute atomic E-state index is 0.0364. The Morgan fingerprint density at radius 3 is 2.69 bits per heavy atom. The van der Waals surface area contributed by atoms with Crippen LogP contribution in [0.15, 0.2) is 17.7 Å². The lowest BCUT2D eigenvalue weighted by Gasteiger charge is -2.06. The van der Waals surface area contributed by atoms with Gasteiger partial charge >= 0.3 is 0 Å². The summed E-state index contributed by atoms with van der Waals surface area (Å²) >= 11 is 1.56. The fourth-order valence-electron chi connectivity index (χ4n) is 1.16. The molecule has 1 amide bonds. The molecule has 0 bridgehead atoms. The molecule has 0 saturated carbocycles. The highest BCUT2D eigenvalue weighted by Crippen LogP contribution is 2.18. The highest BCUT2D eigenvalue weighted by Gasteiger charge is 2.10. The molecule has 84 valence electrons. The van der Waals surface area contributed by atoms with Gasteiger partial charge in [-0.1, -0.05) is 0 Å². The second-order valence-corrected chi connectivity index (χ2v) is 5.07. The largest absolute Gasteiger partial charge is 0.349 e. The van der Waals surface area contributed by atoms with E-state index < -0.39 is 0 Å². The van der Waals surface area contributed by atoms with Crippen molar-refractivity contribution in [2.45, 2.75) is 26.8 Å². The molecule has 1 rings (SSSR count). The molecule has 0 fully saturated rings. The predicted octanol–water partition coefficient (Wildman–Crippen LogP) is 2.49. The van der Waals surface area contributed by atoms with Crippen LogP contribution in [0.4, 0.5) is 0 Å². The summed E-state index contributed by atoms with van der Waals surface area (Å²) in [5, 5.41) is 11.6. The summed E-state index contributed by atoms with van der Waals surface area (Å²) in [4.78, 5) is 13.7. The summed E-state index contributed by atoms with van der Waals surface area (Å²) in [5.41, 5.74) is 0.149. The van der Waals surface area contributed by atoms with Crippen molar-refractivity contribution in [3.63, 3.8) is 0 Å². The summed E-state index contributed by atoms with van der Waals surface area (Å²) in [5.74, 6) is -0.316. The van der Waals surface area contributed by atoms with Crippen LogP contribution in [-0.2, 0) is 4.79 Å². The Kier molecular flexibility index (Phi) is 4.27. The second-order valence-electron chi connectivity index (χ2n) is 3.75. The summed E-state index contributed by atoms with van der Waals surface area (Å²) in [6, 6.07) is 5.82. The first kappa shape index (κ1) is 12.5. The van der Waals surface area contributed by atoms with Crippen LogP contribution in [0.2, 0.25) is 0 Å². The Bertz CT molecular complexity index is 452. The van der Waals surface area contributed by atoms with Crippen LogP contribution in [0.3, 0.4) is 0 Å². The molecule has 3 nitrogen and oxygen atoms in total. The summed E-state index contributed by atoms with van der Waals surface area (Å²) in [7, 11) is 0. The quantitative estimate of drug-likeness (QED) is 0.645. The molecule has 0 saturated heterocycles. The van der Waals surface area contributed by atoms with E-state index in [1.165, 1.54) is 0 Å². The Morgan fingerprint density at radius 2 is 2.25 bits per heavy atom. The van der Waals surface area contributed by atoms with Crippen molar-refractivity contribution in [1.82, 2.24) is 5.32 Å². The molecule has 0 aliphatic heterocycles. The number of amides is 1. The van der Waals surface area contributed by atoms with E-state index in [0.29, 0.717) is 0 Å². The topological polar surface area (TPSA) is 52.9 Å². The first-order chi connectivity index (χ1) is 7.52. The molecular weight excluding hydrogens is 220 g/mol. The van der Waals surface area contributed by atoms with E-state index in [9.17, 15) is 4.79 Å².